The lowest BCUT2D eigenvalue weighted by molar-refractivity contribution is 0.0820. The third-order valence-corrected chi connectivity index (χ3v) is 3.78. The number of aryl methyl sites for hydroxylation is 1. The van der Waals surface area contributed by atoms with Gasteiger partial charge in [0.15, 0.2) is 0 Å². The van der Waals surface area contributed by atoms with Crippen molar-refractivity contribution in [1.82, 2.24) is 9.97 Å². The van der Waals surface area contributed by atoms with Gasteiger partial charge >= 0.3 is 0 Å². The summed E-state index contributed by atoms with van der Waals surface area (Å²) in [6.07, 6.45) is 3.24. The fraction of sp³-hybridized carbons (Fsp3) is 0.750. The Morgan fingerprint density at radius 1 is 1.33 bits per heavy atom. The largest absolute Gasteiger partial charge is 0.377 e. The van der Waals surface area contributed by atoms with Crippen molar-refractivity contribution >= 4 is 11.6 Å². The molecule has 1 unspecified atom stereocenters. The smallest absolute Gasteiger partial charge is 0.137 e. The van der Waals surface area contributed by atoms with Crippen LogP contribution in [0, 0.1) is 6.92 Å². The Labute approximate surface area is 128 Å². The Morgan fingerprint density at radius 2 is 2.14 bits per heavy atom. The predicted molar refractivity (Wildman–Crippen MR) is 87.2 cm³/mol. The first-order valence-corrected chi connectivity index (χ1v) is 8.13. The Kier molecular flexibility index (Phi) is 5.79. The van der Waals surface area contributed by atoms with E-state index in [1.54, 1.807) is 0 Å². The predicted octanol–water partition coefficient (Wildman–Crippen LogP) is 2.78. The summed E-state index contributed by atoms with van der Waals surface area (Å²) in [5, 5.41) is 3.43. The van der Waals surface area contributed by atoms with Crippen LogP contribution in [0.3, 0.4) is 0 Å². The molecule has 0 spiro atoms. The summed E-state index contributed by atoms with van der Waals surface area (Å²) in [5.41, 5.74) is 1.15. The number of rotatable bonds is 5. The Bertz CT molecular complexity index is 464. The first kappa shape index (κ1) is 16.0. The lowest BCUT2D eigenvalue weighted by atomic mass is 10.2. The zero-order valence-electron chi connectivity index (χ0n) is 13.8. The van der Waals surface area contributed by atoms with Gasteiger partial charge in [0.05, 0.1) is 6.10 Å². The van der Waals surface area contributed by atoms with Crippen LogP contribution in [0.2, 0.25) is 0 Å². The van der Waals surface area contributed by atoms with E-state index in [1.165, 1.54) is 0 Å². The monoisotopic (exact) mass is 292 g/mol. The van der Waals surface area contributed by atoms with Crippen LogP contribution in [0.25, 0.3) is 0 Å². The van der Waals surface area contributed by atoms with Gasteiger partial charge < -0.3 is 15.0 Å². The minimum absolute atomic E-state index is 0.249. The lowest BCUT2D eigenvalue weighted by Crippen LogP contribution is -2.32. The van der Waals surface area contributed by atoms with E-state index in [-0.39, 0.29) is 6.10 Å². The van der Waals surface area contributed by atoms with Crippen LogP contribution in [0.5, 0.6) is 0 Å². The molecule has 1 saturated heterocycles. The average molecular weight is 292 g/mol. The maximum atomic E-state index is 5.75. The highest BCUT2D eigenvalue weighted by Gasteiger charge is 2.20. The number of nitrogens with one attached hydrogen (secondary N) is 1. The van der Waals surface area contributed by atoms with Gasteiger partial charge in [-0.25, -0.2) is 9.97 Å². The molecule has 0 bridgehead atoms. The van der Waals surface area contributed by atoms with E-state index >= 15 is 0 Å². The Morgan fingerprint density at radius 3 is 2.86 bits per heavy atom. The summed E-state index contributed by atoms with van der Waals surface area (Å²) in [7, 11) is 0. The van der Waals surface area contributed by atoms with Gasteiger partial charge in [-0.15, -0.1) is 0 Å². The minimum atomic E-state index is 0.249. The molecule has 5 heteroatoms. The normalized spacial score (nSPS) is 19.4. The van der Waals surface area contributed by atoms with Gasteiger partial charge in [0.25, 0.3) is 0 Å². The van der Waals surface area contributed by atoms with E-state index in [1.807, 2.05) is 0 Å². The molecule has 0 saturated carbocycles. The SMILES string of the molecule is CCCNc1nc(CC)nc(N2CCCOC(C)C2)c1C. The molecule has 1 fully saturated rings. The van der Waals surface area contributed by atoms with Crippen molar-refractivity contribution in [3.8, 4) is 0 Å². The quantitative estimate of drug-likeness (QED) is 0.904. The molecule has 1 aromatic heterocycles. The average Bonchev–Trinajstić information content (AvgIpc) is 2.70. The van der Waals surface area contributed by atoms with E-state index in [2.05, 4.69) is 42.9 Å². The fourth-order valence-electron chi connectivity index (χ4n) is 2.62. The summed E-state index contributed by atoms with van der Waals surface area (Å²) in [6, 6.07) is 0. The summed E-state index contributed by atoms with van der Waals surface area (Å²) >= 11 is 0. The van der Waals surface area contributed by atoms with Crippen LogP contribution >= 0.6 is 0 Å². The Hall–Kier alpha value is -1.36. The molecule has 2 heterocycles. The number of hydrogen-bond donors (Lipinski definition) is 1. The molecular formula is C16H28N4O. The molecule has 1 aliphatic heterocycles. The number of nitrogens with zero attached hydrogens (tertiary/aromatic N) is 3. The second kappa shape index (κ2) is 7.59. The minimum Gasteiger partial charge on any atom is -0.377 e. The maximum Gasteiger partial charge on any atom is 0.137 e. The first-order valence-electron chi connectivity index (χ1n) is 8.13. The summed E-state index contributed by atoms with van der Waals surface area (Å²) in [4.78, 5) is 11.8. The standard InChI is InChI=1S/C16H28N4O/c1-5-8-17-15-13(4)16(19-14(6-2)18-15)20-9-7-10-21-12(3)11-20/h12H,5-11H2,1-4H3,(H,17,18,19). The van der Waals surface area contributed by atoms with Gasteiger partial charge in [-0.05, 0) is 26.7 Å². The number of aromatic nitrogens is 2. The molecule has 21 heavy (non-hydrogen) atoms. The van der Waals surface area contributed by atoms with E-state index < -0.39 is 0 Å². The molecule has 0 radical (unpaired) electrons. The molecule has 1 N–H and O–H groups in total. The third kappa shape index (κ3) is 4.06. The molecule has 5 nitrogen and oxygen atoms in total. The molecule has 118 valence electrons. The van der Waals surface area contributed by atoms with Gasteiger partial charge in [0, 0.05) is 38.2 Å². The zero-order valence-corrected chi connectivity index (χ0v) is 13.8. The lowest BCUT2D eigenvalue weighted by Gasteiger charge is -2.26. The van der Waals surface area contributed by atoms with Crippen molar-refractivity contribution in [2.45, 2.75) is 53.1 Å². The Balaban J connectivity index is 2.31. The molecular weight excluding hydrogens is 264 g/mol. The molecule has 0 amide bonds. The summed E-state index contributed by atoms with van der Waals surface area (Å²) in [5.74, 6) is 2.96. The van der Waals surface area contributed by atoms with Crippen molar-refractivity contribution in [3.63, 3.8) is 0 Å². The second-order valence-corrected chi connectivity index (χ2v) is 5.70. The topological polar surface area (TPSA) is 50.3 Å². The van der Waals surface area contributed by atoms with E-state index in [9.17, 15) is 0 Å². The molecule has 0 aromatic carbocycles. The van der Waals surface area contributed by atoms with Crippen LogP contribution in [0.1, 0.15) is 45.0 Å². The molecule has 1 aromatic rings. The van der Waals surface area contributed by atoms with Crippen molar-refractivity contribution in [2.75, 3.05) is 36.5 Å². The highest BCUT2D eigenvalue weighted by molar-refractivity contribution is 5.58. The number of ether oxygens (including phenoxy) is 1. The first-order chi connectivity index (χ1) is 10.2. The van der Waals surface area contributed by atoms with Gasteiger partial charge in [-0.3, -0.25) is 0 Å². The van der Waals surface area contributed by atoms with Gasteiger partial charge in [-0.2, -0.15) is 0 Å². The van der Waals surface area contributed by atoms with Crippen molar-refractivity contribution < 1.29 is 4.74 Å². The van der Waals surface area contributed by atoms with Crippen LogP contribution in [0.4, 0.5) is 11.6 Å². The van der Waals surface area contributed by atoms with E-state index in [0.717, 1.165) is 68.5 Å². The summed E-state index contributed by atoms with van der Waals surface area (Å²) in [6.45, 7) is 12.2. The fourth-order valence-corrected chi connectivity index (χ4v) is 2.62. The van der Waals surface area contributed by atoms with Crippen LogP contribution in [0.15, 0.2) is 0 Å². The molecule has 0 aliphatic carbocycles. The van der Waals surface area contributed by atoms with Crippen molar-refractivity contribution in [2.24, 2.45) is 0 Å². The highest BCUT2D eigenvalue weighted by Crippen LogP contribution is 2.25. The molecule has 2 rings (SSSR count). The molecule has 1 aliphatic rings. The van der Waals surface area contributed by atoms with Crippen molar-refractivity contribution in [1.29, 1.82) is 0 Å². The van der Waals surface area contributed by atoms with Crippen LogP contribution < -0.4 is 10.2 Å². The maximum absolute atomic E-state index is 5.75. The van der Waals surface area contributed by atoms with Gasteiger partial charge in [-0.1, -0.05) is 13.8 Å². The van der Waals surface area contributed by atoms with E-state index in [4.69, 9.17) is 9.72 Å². The van der Waals surface area contributed by atoms with Crippen LogP contribution in [-0.2, 0) is 11.2 Å². The van der Waals surface area contributed by atoms with Crippen LogP contribution in [-0.4, -0.2) is 42.3 Å². The van der Waals surface area contributed by atoms with Gasteiger partial charge in [0.2, 0.25) is 0 Å². The third-order valence-electron chi connectivity index (χ3n) is 3.78. The van der Waals surface area contributed by atoms with Gasteiger partial charge in [0.1, 0.15) is 17.5 Å². The highest BCUT2D eigenvalue weighted by atomic mass is 16.5. The van der Waals surface area contributed by atoms with Crippen molar-refractivity contribution in [3.05, 3.63) is 11.4 Å². The number of hydrogen-bond acceptors (Lipinski definition) is 5. The van der Waals surface area contributed by atoms with E-state index in [0.29, 0.717) is 0 Å². The molecule has 1 atom stereocenters. The zero-order chi connectivity index (χ0) is 15.2. The summed E-state index contributed by atoms with van der Waals surface area (Å²) < 4.78 is 5.75. The second-order valence-electron chi connectivity index (χ2n) is 5.70. The number of anilines is 2.